The molecule has 0 spiro atoms. The zero-order chi connectivity index (χ0) is 15.6. The van der Waals surface area contributed by atoms with Crippen molar-refractivity contribution in [1.82, 2.24) is 5.32 Å². The van der Waals surface area contributed by atoms with E-state index in [2.05, 4.69) is 5.32 Å². The highest BCUT2D eigenvalue weighted by Crippen LogP contribution is 2.37. The van der Waals surface area contributed by atoms with Crippen LogP contribution in [0.4, 0.5) is 13.2 Å². The molecular formula is C15H15ClF3NS. The predicted octanol–water partition coefficient (Wildman–Crippen LogP) is 5.43. The summed E-state index contributed by atoms with van der Waals surface area (Å²) in [7, 11) is 0. The molecular weight excluding hydrogens is 319 g/mol. The van der Waals surface area contributed by atoms with E-state index in [-0.39, 0.29) is 6.04 Å². The number of thiophene rings is 1. The number of rotatable bonds is 4. The van der Waals surface area contributed by atoms with E-state index in [0.717, 1.165) is 16.5 Å². The fourth-order valence-corrected chi connectivity index (χ4v) is 3.51. The lowest BCUT2D eigenvalue weighted by molar-refractivity contribution is -0.137. The van der Waals surface area contributed by atoms with Gasteiger partial charge in [0, 0.05) is 4.88 Å². The zero-order valence-corrected chi connectivity index (χ0v) is 13.2. The van der Waals surface area contributed by atoms with Crippen LogP contribution in [0.15, 0.2) is 29.6 Å². The van der Waals surface area contributed by atoms with Gasteiger partial charge in [-0.1, -0.05) is 30.7 Å². The quantitative estimate of drug-likeness (QED) is 0.787. The highest BCUT2D eigenvalue weighted by molar-refractivity contribution is 7.10. The summed E-state index contributed by atoms with van der Waals surface area (Å²) in [5.74, 6) is 0. The molecule has 2 aromatic rings. The molecule has 1 aromatic heterocycles. The maximum Gasteiger partial charge on any atom is 0.416 e. The molecule has 0 radical (unpaired) electrons. The molecule has 114 valence electrons. The predicted molar refractivity (Wildman–Crippen MR) is 81.0 cm³/mol. The van der Waals surface area contributed by atoms with E-state index >= 15 is 0 Å². The van der Waals surface area contributed by atoms with Crippen molar-refractivity contribution in [1.29, 1.82) is 0 Å². The molecule has 0 fully saturated rings. The van der Waals surface area contributed by atoms with E-state index in [9.17, 15) is 13.2 Å². The van der Waals surface area contributed by atoms with Crippen LogP contribution in [0, 0.1) is 6.92 Å². The summed E-state index contributed by atoms with van der Waals surface area (Å²) in [6.07, 6.45) is -4.35. The molecule has 0 saturated heterocycles. The van der Waals surface area contributed by atoms with Gasteiger partial charge in [-0.15, -0.1) is 11.3 Å². The maximum atomic E-state index is 12.9. The largest absolute Gasteiger partial charge is 0.416 e. The number of alkyl halides is 3. The molecule has 21 heavy (non-hydrogen) atoms. The first kappa shape index (κ1) is 16.3. The van der Waals surface area contributed by atoms with E-state index in [1.807, 2.05) is 19.2 Å². The Bertz CT molecular complexity index is 622. The minimum absolute atomic E-state index is 0.330. The first-order chi connectivity index (χ1) is 9.84. The van der Waals surface area contributed by atoms with Gasteiger partial charge in [0.05, 0.1) is 16.6 Å². The van der Waals surface area contributed by atoms with Crippen molar-refractivity contribution in [3.63, 3.8) is 0 Å². The molecule has 1 unspecified atom stereocenters. The number of hydrogen-bond acceptors (Lipinski definition) is 2. The first-order valence-electron chi connectivity index (χ1n) is 6.48. The lowest BCUT2D eigenvalue weighted by Gasteiger charge is -2.19. The van der Waals surface area contributed by atoms with Crippen molar-refractivity contribution in [2.45, 2.75) is 26.1 Å². The molecule has 1 nitrogen and oxygen atoms in total. The molecule has 6 heteroatoms. The SMILES string of the molecule is CCNC(c1cccc(C(F)(F)F)c1)c1scc(C)c1Cl. The third-order valence-electron chi connectivity index (χ3n) is 3.14. The lowest BCUT2D eigenvalue weighted by atomic mass is 10.0. The van der Waals surface area contributed by atoms with Gasteiger partial charge in [-0.3, -0.25) is 0 Å². The average Bonchev–Trinajstić information content (AvgIpc) is 2.76. The van der Waals surface area contributed by atoms with E-state index in [1.54, 1.807) is 6.07 Å². The molecule has 1 atom stereocenters. The smallest absolute Gasteiger partial charge is 0.306 e. The second kappa shape index (κ2) is 6.38. The summed E-state index contributed by atoms with van der Waals surface area (Å²) in [5.41, 5.74) is 0.856. The molecule has 1 heterocycles. The third kappa shape index (κ3) is 3.59. The van der Waals surface area contributed by atoms with Gasteiger partial charge in [0.1, 0.15) is 0 Å². The van der Waals surface area contributed by atoms with E-state index in [1.165, 1.54) is 23.5 Å². The average molecular weight is 334 g/mol. The van der Waals surface area contributed by atoms with Gasteiger partial charge in [0.2, 0.25) is 0 Å². The Kier molecular flexibility index (Phi) is 4.96. The van der Waals surface area contributed by atoms with Crippen LogP contribution in [0.25, 0.3) is 0 Å². The summed E-state index contributed by atoms with van der Waals surface area (Å²) in [6, 6.07) is 5.04. The molecule has 0 saturated carbocycles. The molecule has 1 aromatic carbocycles. The zero-order valence-electron chi connectivity index (χ0n) is 11.6. The van der Waals surface area contributed by atoms with Gasteiger partial charge < -0.3 is 5.32 Å². The second-order valence-corrected chi connectivity index (χ2v) is 6.00. The minimum atomic E-state index is -4.35. The first-order valence-corrected chi connectivity index (χ1v) is 7.74. The van der Waals surface area contributed by atoms with Crippen molar-refractivity contribution in [3.05, 3.63) is 56.2 Å². The number of nitrogens with one attached hydrogen (secondary N) is 1. The monoisotopic (exact) mass is 333 g/mol. The van der Waals surface area contributed by atoms with Crippen LogP contribution in [0.3, 0.4) is 0 Å². The Morgan fingerprint density at radius 3 is 2.57 bits per heavy atom. The van der Waals surface area contributed by atoms with Crippen LogP contribution >= 0.6 is 22.9 Å². The summed E-state index contributed by atoms with van der Waals surface area (Å²) < 4.78 is 38.6. The van der Waals surface area contributed by atoms with Crippen LogP contribution < -0.4 is 5.32 Å². The Hall–Kier alpha value is -1.04. The van der Waals surface area contributed by atoms with Crippen molar-refractivity contribution in [2.24, 2.45) is 0 Å². The summed E-state index contributed by atoms with van der Waals surface area (Å²) in [4.78, 5) is 0.843. The molecule has 1 N–H and O–H groups in total. The fourth-order valence-electron chi connectivity index (χ4n) is 2.11. The molecule has 0 amide bonds. The van der Waals surface area contributed by atoms with E-state index in [4.69, 9.17) is 11.6 Å². The van der Waals surface area contributed by atoms with Crippen molar-refractivity contribution in [3.8, 4) is 0 Å². The number of hydrogen-bond donors (Lipinski definition) is 1. The molecule has 0 aliphatic rings. The van der Waals surface area contributed by atoms with Gasteiger partial charge >= 0.3 is 6.18 Å². The highest BCUT2D eigenvalue weighted by Gasteiger charge is 2.31. The standard InChI is InChI=1S/C15H15ClF3NS/c1-3-20-13(14-12(16)9(2)8-21-14)10-5-4-6-11(7-10)15(17,18)19/h4-8,13,20H,3H2,1-2H3. The van der Waals surface area contributed by atoms with Crippen LogP contribution in [-0.4, -0.2) is 6.54 Å². The summed E-state index contributed by atoms with van der Waals surface area (Å²) in [6.45, 7) is 4.43. The summed E-state index contributed by atoms with van der Waals surface area (Å²) >= 11 is 7.72. The van der Waals surface area contributed by atoms with E-state index < -0.39 is 11.7 Å². The van der Waals surface area contributed by atoms with Crippen LogP contribution in [0.1, 0.15) is 34.5 Å². The van der Waals surface area contributed by atoms with Crippen LogP contribution in [0.2, 0.25) is 5.02 Å². The lowest BCUT2D eigenvalue weighted by Crippen LogP contribution is -2.22. The van der Waals surface area contributed by atoms with Gasteiger partial charge in [0.25, 0.3) is 0 Å². The molecule has 0 aliphatic heterocycles. The Labute approximate surface area is 130 Å². The highest BCUT2D eigenvalue weighted by atomic mass is 35.5. The Morgan fingerprint density at radius 1 is 1.33 bits per heavy atom. The van der Waals surface area contributed by atoms with Crippen LogP contribution in [0.5, 0.6) is 0 Å². The maximum absolute atomic E-state index is 12.9. The Morgan fingerprint density at radius 2 is 2.05 bits per heavy atom. The molecule has 2 rings (SSSR count). The normalized spacial score (nSPS) is 13.4. The van der Waals surface area contributed by atoms with Gasteiger partial charge in [0.15, 0.2) is 0 Å². The number of benzene rings is 1. The van der Waals surface area contributed by atoms with Crippen LogP contribution in [-0.2, 0) is 6.18 Å². The minimum Gasteiger partial charge on any atom is -0.306 e. The van der Waals surface area contributed by atoms with Gasteiger partial charge in [-0.05, 0) is 42.1 Å². The number of halogens is 4. The topological polar surface area (TPSA) is 12.0 Å². The number of aryl methyl sites for hydroxylation is 1. The summed E-state index contributed by atoms with van der Waals surface area (Å²) in [5, 5.41) is 5.73. The van der Waals surface area contributed by atoms with Gasteiger partial charge in [-0.25, -0.2) is 0 Å². The molecule has 0 bridgehead atoms. The van der Waals surface area contributed by atoms with Gasteiger partial charge in [-0.2, -0.15) is 13.2 Å². The second-order valence-electron chi connectivity index (χ2n) is 4.71. The van der Waals surface area contributed by atoms with E-state index in [0.29, 0.717) is 17.1 Å². The van der Waals surface area contributed by atoms with Crippen molar-refractivity contribution in [2.75, 3.05) is 6.54 Å². The van der Waals surface area contributed by atoms with Crippen molar-refractivity contribution >= 4 is 22.9 Å². The molecule has 0 aliphatic carbocycles. The van der Waals surface area contributed by atoms with Crippen molar-refractivity contribution < 1.29 is 13.2 Å². The third-order valence-corrected chi connectivity index (χ3v) is 4.92. The fraction of sp³-hybridized carbons (Fsp3) is 0.333. The Balaban J connectivity index is 2.46.